The van der Waals surface area contributed by atoms with Crippen molar-refractivity contribution in [2.75, 3.05) is 26.7 Å². The molecule has 0 spiro atoms. The van der Waals surface area contributed by atoms with Crippen LogP contribution in [0.15, 0.2) is 0 Å². The van der Waals surface area contributed by atoms with Gasteiger partial charge in [0.2, 0.25) is 5.91 Å². The highest BCUT2D eigenvalue weighted by molar-refractivity contribution is 5.82. The second kappa shape index (κ2) is 6.86. The molecule has 0 bridgehead atoms. The van der Waals surface area contributed by atoms with E-state index in [2.05, 4.69) is 12.2 Å². The first-order chi connectivity index (χ1) is 7.72. The SMILES string of the molecule is CCCCN(CC)C(=O)C1CC(OC)CN1. The number of nitrogens with one attached hydrogen (secondary N) is 1. The van der Waals surface area contributed by atoms with E-state index in [4.69, 9.17) is 4.74 Å². The van der Waals surface area contributed by atoms with Gasteiger partial charge in [-0.1, -0.05) is 13.3 Å². The van der Waals surface area contributed by atoms with Gasteiger partial charge in [-0.25, -0.2) is 0 Å². The molecule has 4 nitrogen and oxygen atoms in total. The minimum atomic E-state index is -0.0400. The van der Waals surface area contributed by atoms with Crippen molar-refractivity contribution in [1.29, 1.82) is 0 Å². The van der Waals surface area contributed by atoms with E-state index < -0.39 is 0 Å². The van der Waals surface area contributed by atoms with Gasteiger partial charge in [-0.05, 0) is 19.8 Å². The fourth-order valence-electron chi connectivity index (χ4n) is 2.06. The Morgan fingerprint density at radius 2 is 2.25 bits per heavy atom. The number of amides is 1. The van der Waals surface area contributed by atoms with Gasteiger partial charge >= 0.3 is 0 Å². The summed E-state index contributed by atoms with van der Waals surface area (Å²) in [6, 6.07) is -0.0400. The average molecular weight is 228 g/mol. The molecule has 1 fully saturated rings. The molecule has 1 rings (SSSR count). The molecule has 1 aliphatic heterocycles. The van der Waals surface area contributed by atoms with Crippen molar-refractivity contribution in [3.63, 3.8) is 0 Å². The van der Waals surface area contributed by atoms with Crippen LogP contribution in [0.1, 0.15) is 33.1 Å². The van der Waals surface area contributed by atoms with Crippen LogP contribution in [0.2, 0.25) is 0 Å². The summed E-state index contributed by atoms with van der Waals surface area (Å²) in [4.78, 5) is 14.1. The molecule has 0 aromatic rings. The summed E-state index contributed by atoms with van der Waals surface area (Å²) in [5, 5.41) is 3.23. The Morgan fingerprint density at radius 3 is 2.75 bits per heavy atom. The van der Waals surface area contributed by atoms with E-state index in [-0.39, 0.29) is 18.1 Å². The monoisotopic (exact) mass is 228 g/mol. The molecule has 1 aliphatic rings. The maximum atomic E-state index is 12.2. The van der Waals surface area contributed by atoms with Crippen LogP contribution in [0.4, 0.5) is 0 Å². The van der Waals surface area contributed by atoms with Crippen LogP contribution < -0.4 is 5.32 Å². The minimum Gasteiger partial charge on any atom is -0.380 e. The standard InChI is InChI=1S/C12H24N2O2/c1-4-6-7-14(5-2)12(15)11-8-10(16-3)9-13-11/h10-11,13H,4-9H2,1-3H3. The first kappa shape index (κ1) is 13.5. The number of hydrogen-bond acceptors (Lipinski definition) is 3. The van der Waals surface area contributed by atoms with Gasteiger partial charge in [0.15, 0.2) is 0 Å². The molecule has 0 aromatic carbocycles. The number of carbonyl (C=O) groups excluding carboxylic acids is 1. The Kier molecular flexibility index (Phi) is 5.77. The average Bonchev–Trinajstić information content (AvgIpc) is 2.78. The molecule has 0 aliphatic carbocycles. The van der Waals surface area contributed by atoms with Gasteiger partial charge < -0.3 is 15.0 Å². The van der Waals surface area contributed by atoms with Crippen molar-refractivity contribution in [2.45, 2.75) is 45.3 Å². The molecule has 16 heavy (non-hydrogen) atoms. The molecular weight excluding hydrogens is 204 g/mol. The summed E-state index contributed by atoms with van der Waals surface area (Å²) >= 11 is 0. The summed E-state index contributed by atoms with van der Waals surface area (Å²) in [5.74, 6) is 0.232. The Bertz CT molecular complexity index is 217. The number of carbonyl (C=O) groups is 1. The zero-order chi connectivity index (χ0) is 12.0. The van der Waals surface area contributed by atoms with Crippen molar-refractivity contribution in [3.05, 3.63) is 0 Å². The molecule has 4 heteroatoms. The van der Waals surface area contributed by atoms with Gasteiger partial charge in [-0.2, -0.15) is 0 Å². The Balaban J connectivity index is 2.42. The lowest BCUT2D eigenvalue weighted by molar-refractivity contribution is -0.133. The van der Waals surface area contributed by atoms with E-state index in [1.165, 1.54) is 0 Å². The second-order valence-electron chi connectivity index (χ2n) is 4.33. The largest absolute Gasteiger partial charge is 0.380 e. The number of likely N-dealkylation sites (N-methyl/N-ethyl adjacent to an activating group) is 1. The van der Waals surface area contributed by atoms with Crippen molar-refractivity contribution in [1.82, 2.24) is 10.2 Å². The van der Waals surface area contributed by atoms with E-state index in [1.807, 2.05) is 11.8 Å². The predicted molar refractivity (Wildman–Crippen MR) is 64.4 cm³/mol. The minimum absolute atomic E-state index is 0.0400. The first-order valence-corrected chi connectivity index (χ1v) is 6.27. The molecule has 1 saturated heterocycles. The fourth-order valence-corrected chi connectivity index (χ4v) is 2.06. The van der Waals surface area contributed by atoms with Gasteiger partial charge in [-0.3, -0.25) is 4.79 Å². The zero-order valence-corrected chi connectivity index (χ0v) is 10.7. The van der Waals surface area contributed by atoms with Gasteiger partial charge in [-0.15, -0.1) is 0 Å². The van der Waals surface area contributed by atoms with E-state index in [0.717, 1.165) is 38.9 Å². The number of nitrogens with zero attached hydrogens (tertiary/aromatic N) is 1. The molecule has 2 unspecified atom stereocenters. The van der Waals surface area contributed by atoms with Crippen LogP contribution in [-0.4, -0.2) is 49.7 Å². The van der Waals surface area contributed by atoms with E-state index >= 15 is 0 Å². The van der Waals surface area contributed by atoms with Gasteiger partial charge in [0.25, 0.3) is 0 Å². The summed E-state index contributed by atoms with van der Waals surface area (Å²) < 4.78 is 5.25. The first-order valence-electron chi connectivity index (χ1n) is 6.27. The Morgan fingerprint density at radius 1 is 1.50 bits per heavy atom. The van der Waals surface area contributed by atoms with Crippen LogP contribution in [0.3, 0.4) is 0 Å². The molecule has 94 valence electrons. The van der Waals surface area contributed by atoms with Gasteiger partial charge in [0, 0.05) is 26.7 Å². The molecule has 1 amide bonds. The van der Waals surface area contributed by atoms with Gasteiger partial charge in [0.05, 0.1) is 12.1 Å². The third-order valence-corrected chi connectivity index (χ3v) is 3.20. The van der Waals surface area contributed by atoms with Crippen LogP contribution in [0, 0.1) is 0 Å². The number of rotatable bonds is 6. The molecule has 1 N–H and O–H groups in total. The zero-order valence-electron chi connectivity index (χ0n) is 10.7. The van der Waals surface area contributed by atoms with Crippen LogP contribution in [0.5, 0.6) is 0 Å². The highest BCUT2D eigenvalue weighted by Gasteiger charge is 2.31. The van der Waals surface area contributed by atoms with Crippen LogP contribution in [0.25, 0.3) is 0 Å². The normalized spacial score (nSPS) is 24.7. The van der Waals surface area contributed by atoms with Crippen molar-refractivity contribution >= 4 is 5.91 Å². The molecule has 0 aromatic heterocycles. The third kappa shape index (κ3) is 3.46. The van der Waals surface area contributed by atoms with E-state index in [9.17, 15) is 4.79 Å². The van der Waals surface area contributed by atoms with Crippen molar-refractivity contribution in [2.24, 2.45) is 0 Å². The molecule has 0 saturated carbocycles. The Hall–Kier alpha value is -0.610. The number of methoxy groups -OCH3 is 1. The maximum Gasteiger partial charge on any atom is 0.239 e. The lowest BCUT2D eigenvalue weighted by atomic mass is 10.1. The van der Waals surface area contributed by atoms with Crippen molar-refractivity contribution < 1.29 is 9.53 Å². The maximum absolute atomic E-state index is 12.2. The molecule has 1 heterocycles. The molecular formula is C12H24N2O2. The van der Waals surface area contributed by atoms with Crippen LogP contribution in [-0.2, 0) is 9.53 Å². The summed E-state index contributed by atoms with van der Waals surface area (Å²) in [5.41, 5.74) is 0. The third-order valence-electron chi connectivity index (χ3n) is 3.20. The van der Waals surface area contributed by atoms with E-state index in [0.29, 0.717) is 0 Å². The highest BCUT2D eigenvalue weighted by atomic mass is 16.5. The van der Waals surface area contributed by atoms with E-state index in [1.54, 1.807) is 7.11 Å². The van der Waals surface area contributed by atoms with Crippen LogP contribution >= 0.6 is 0 Å². The number of unbranched alkanes of at least 4 members (excludes halogenated alkanes) is 1. The number of ether oxygens (including phenoxy) is 1. The predicted octanol–water partition coefficient (Wildman–Crippen LogP) is 1.01. The summed E-state index contributed by atoms with van der Waals surface area (Å²) in [7, 11) is 1.70. The summed E-state index contributed by atoms with van der Waals surface area (Å²) in [6.07, 6.45) is 3.21. The van der Waals surface area contributed by atoms with Gasteiger partial charge in [0.1, 0.15) is 0 Å². The fraction of sp³-hybridized carbons (Fsp3) is 0.917. The summed E-state index contributed by atoms with van der Waals surface area (Å²) in [6.45, 7) is 6.65. The topological polar surface area (TPSA) is 41.6 Å². The molecule has 0 radical (unpaired) electrons. The second-order valence-corrected chi connectivity index (χ2v) is 4.33. The Labute approximate surface area is 98.3 Å². The van der Waals surface area contributed by atoms with Crippen molar-refractivity contribution in [3.8, 4) is 0 Å². The smallest absolute Gasteiger partial charge is 0.239 e. The molecule has 2 atom stereocenters. The lowest BCUT2D eigenvalue weighted by Gasteiger charge is -2.24. The lowest BCUT2D eigenvalue weighted by Crippen LogP contribution is -2.43. The highest BCUT2D eigenvalue weighted by Crippen LogP contribution is 2.12. The number of hydrogen-bond donors (Lipinski definition) is 1. The quantitative estimate of drug-likeness (QED) is 0.738.